The average molecular weight is 318 g/mol. The molecule has 6 heteroatoms. The van der Waals surface area contributed by atoms with Gasteiger partial charge >= 0.3 is 5.69 Å². The third-order valence-corrected chi connectivity index (χ3v) is 3.91. The van der Waals surface area contributed by atoms with E-state index in [1.54, 1.807) is 16.7 Å². The molecule has 23 heavy (non-hydrogen) atoms. The molecule has 1 aromatic heterocycles. The number of halogens is 2. The van der Waals surface area contributed by atoms with Gasteiger partial charge in [0.2, 0.25) is 0 Å². The Morgan fingerprint density at radius 3 is 2.39 bits per heavy atom. The maximum absolute atomic E-state index is 13.8. The van der Waals surface area contributed by atoms with Gasteiger partial charge in [0, 0.05) is 12.1 Å². The molecule has 1 N–H and O–H groups in total. The second-order valence-corrected chi connectivity index (χ2v) is 5.31. The molecule has 1 atom stereocenters. The summed E-state index contributed by atoms with van der Waals surface area (Å²) in [5.41, 5.74) is 0.942. The van der Waals surface area contributed by atoms with Gasteiger partial charge in [0.05, 0.1) is 23.7 Å². The van der Waals surface area contributed by atoms with E-state index in [0.717, 1.165) is 23.7 Å². The van der Waals surface area contributed by atoms with Gasteiger partial charge in [0.25, 0.3) is 0 Å². The van der Waals surface area contributed by atoms with Gasteiger partial charge in [-0.25, -0.2) is 13.6 Å². The Labute approximate surface area is 131 Å². The number of aliphatic hydroxyl groups is 1. The molecular weight excluding hydrogens is 302 g/mol. The zero-order valence-corrected chi connectivity index (χ0v) is 12.5. The second-order valence-electron chi connectivity index (χ2n) is 5.31. The number of aryl methyl sites for hydroxylation is 1. The Balaban J connectivity index is 2.06. The van der Waals surface area contributed by atoms with Crippen LogP contribution in [0.15, 0.2) is 47.3 Å². The Morgan fingerprint density at radius 1 is 1.09 bits per heavy atom. The predicted molar refractivity (Wildman–Crippen MR) is 83.2 cm³/mol. The van der Waals surface area contributed by atoms with E-state index >= 15 is 0 Å². The van der Waals surface area contributed by atoms with Crippen LogP contribution in [0.5, 0.6) is 0 Å². The molecule has 0 amide bonds. The van der Waals surface area contributed by atoms with Crippen LogP contribution in [-0.4, -0.2) is 14.2 Å². The zero-order valence-electron chi connectivity index (χ0n) is 12.5. The van der Waals surface area contributed by atoms with Crippen LogP contribution in [0.25, 0.3) is 11.0 Å². The van der Waals surface area contributed by atoms with Crippen molar-refractivity contribution in [1.29, 1.82) is 0 Å². The van der Waals surface area contributed by atoms with E-state index < -0.39 is 17.7 Å². The van der Waals surface area contributed by atoms with E-state index in [2.05, 4.69) is 0 Å². The van der Waals surface area contributed by atoms with Crippen LogP contribution in [0, 0.1) is 11.6 Å². The highest BCUT2D eigenvalue weighted by atomic mass is 19.1. The van der Waals surface area contributed by atoms with Crippen LogP contribution >= 0.6 is 0 Å². The first kappa shape index (κ1) is 15.4. The lowest BCUT2D eigenvalue weighted by Gasteiger charge is -2.13. The number of imidazole rings is 1. The molecule has 0 fully saturated rings. The quantitative estimate of drug-likeness (QED) is 0.804. The number of nitrogens with zero attached hydrogens (tertiary/aromatic N) is 2. The molecule has 0 aliphatic carbocycles. The molecule has 0 aliphatic heterocycles. The van der Waals surface area contributed by atoms with Crippen molar-refractivity contribution in [2.24, 2.45) is 0 Å². The Morgan fingerprint density at radius 2 is 1.74 bits per heavy atom. The van der Waals surface area contributed by atoms with E-state index in [0.29, 0.717) is 12.1 Å². The largest absolute Gasteiger partial charge is 0.386 e. The van der Waals surface area contributed by atoms with Gasteiger partial charge in [-0.3, -0.25) is 9.13 Å². The number of hydrogen-bond donors (Lipinski definition) is 1. The van der Waals surface area contributed by atoms with Crippen molar-refractivity contribution >= 4 is 11.0 Å². The lowest BCUT2D eigenvalue weighted by Crippen LogP contribution is -2.26. The first-order valence-electron chi connectivity index (χ1n) is 7.34. The van der Waals surface area contributed by atoms with Crippen molar-refractivity contribution in [2.75, 3.05) is 0 Å². The number of fused-ring (bicyclic) bond motifs is 1. The van der Waals surface area contributed by atoms with Gasteiger partial charge in [-0.05, 0) is 37.3 Å². The van der Waals surface area contributed by atoms with Crippen LogP contribution in [0.4, 0.5) is 8.78 Å². The van der Waals surface area contributed by atoms with Crippen LogP contribution < -0.4 is 5.69 Å². The minimum atomic E-state index is -1.32. The van der Waals surface area contributed by atoms with Crippen LogP contribution in [0.2, 0.25) is 0 Å². The van der Waals surface area contributed by atoms with E-state index in [1.807, 2.05) is 19.1 Å². The van der Waals surface area contributed by atoms with Gasteiger partial charge in [-0.1, -0.05) is 12.1 Å². The first-order valence-corrected chi connectivity index (χ1v) is 7.34. The highest BCUT2D eigenvalue weighted by Gasteiger charge is 2.19. The van der Waals surface area contributed by atoms with Gasteiger partial charge in [0.15, 0.2) is 0 Å². The molecule has 4 nitrogen and oxygen atoms in total. The van der Waals surface area contributed by atoms with Crippen molar-refractivity contribution < 1.29 is 13.9 Å². The van der Waals surface area contributed by atoms with Crippen molar-refractivity contribution in [3.8, 4) is 0 Å². The molecule has 0 radical (unpaired) electrons. The molecule has 3 rings (SSSR count). The molecule has 0 aliphatic rings. The molecule has 1 unspecified atom stereocenters. The fourth-order valence-electron chi connectivity index (χ4n) is 2.80. The minimum Gasteiger partial charge on any atom is -0.386 e. The molecular formula is C17H16F2N2O2. The number of rotatable bonds is 4. The fraction of sp³-hybridized carbons (Fsp3) is 0.235. The standard InChI is InChI=1S/C17H16F2N2O2/c1-2-20-14-5-3-4-6-15(14)21(17(20)23)10-16(22)12-9-11(18)7-8-13(12)19/h3-9,16,22H,2,10H2,1H3. The summed E-state index contributed by atoms with van der Waals surface area (Å²) in [5.74, 6) is -1.34. The SMILES string of the molecule is CCn1c(=O)n(CC(O)c2cc(F)ccc2F)c2ccccc21. The number of aliphatic hydroxyl groups excluding tert-OH is 1. The van der Waals surface area contributed by atoms with Gasteiger partial charge in [-0.2, -0.15) is 0 Å². The third-order valence-electron chi connectivity index (χ3n) is 3.91. The molecule has 0 saturated carbocycles. The van der Waals surface area contributed by atoms with Crippen LogP contribution in [0.1, 0.15) is 18.6 Å². The monoisotopic (exact) mass is 318 g/mol. The normalized spacial score (nSPS) is 12.7. The van der Waals surface area contributed by atoms with Crippen molar-refractivity contribution in [1.82, 2.24) is 9.13 Å². The second kappa shape index (κ2) is 5.96. The average Bonchev–Trinajstić information content (AvgIpc) is 2.81. The summed E-state index contributed by atoms with van der Waals surface area (Å²) in [6, 6.07) is 10.1. The Bertz CT molecular complexity index is 915. The molecule has 2 aromatic carbocycles. The summed E-state index contributed by atoms with van der Waals surface area (Å²) in [6.45, 7) is 2.18. The predicted octanol–water partition coefficient (Wildman–Crippen LogP) is 2.83. The number of aromatic nitrogens is 2. The van der Waals surface area contributed by atoms with Crippen LogP contribution in [-0.2, 0) is 13.1 Å². The maximum Gasteiger partial charge on any atom is 0.329 e. The lowest BCUT2D eigenvalue weighted by molar-refractivity contribution is 0.151. The summed E-state index contributed by atoms with van der Waals surface area (Å²) in [7, 11) is 0. The van der Waals surface area contributed by atoms with Crippen molar-refractivity contribution in [3.63, 3.8) is 0 Å². The molecule has 0 spiro atoms. The molecule has 1 heterocycles. The fourth-order valence-corrected chi connectivity index (χ4v) is 2.80. The van der Waals surface area contributed by atoms with Crippen molar-refractivity contribution in [2.45, 2.75) is 26.1 Å². The molecule has 3 aromatic rings. The number of benzene rings is 2. The lowest BCUT2D eigenvalue weighted by atomic mass is 10.1. The highest BCUT2D eigenvalue weighted by molar-refractivity contribution is 5.76. The molecule has 0 saturated heterocycles. The first-order chi connectivity index (χ1) is 11.0. The number of hydrogen-bond acceptors (Lipinski definition) is 2. The van der Waals surface area contributed by atoms with Crippen LogP contribution in [0.3, 0.4) is 0 Å². The smallest absolute Gasteiger partial charge is 0.329 e. The Hall–Kier alpha value is -2.47. The van der Waals surface area contributed by atoms with E-state index in [4.69, 9.17) is 0 Å². The zero-order chi connectivity index (χ0) is 16.6. The topological polar surface area (TPSA) is 47.2 Å². The van der Waals surface area contributed by atoms with Crippen molar-refractivity contribution in [3.05, 3.63) is 70.1 Å². The van der Waals surface area contributed by atoms with Gasteiger partial charge in [-0.15, -0.1) is 0 Å². The van der Waals surface area contributed by atoms with Gasteiger partial charge in [0.1, 0.15) is 11.6 Å². The summed E-state index contributed by atoms with van der Waals surface area (Å²) in [6.07, 6.45) is -1.32. The summed E-state index contributed by atoms with van der Waals surface area (Å²) in [4.78, 5) is 12.5. The van der Waals surface area contributed by atoms with E-state index in [1.165, 1.54) is 4.57 Å². The minimum absolute atomic E-state index is 0.146. The summed E-state index contributed by atoms with van der Waals surface area (Å²) in [5, 5.41) is 10.3. The maximum atomic E-state index is 13.8. The number of para-hydroxylation sites is 2. The molecule has 0 bridgehead atoms. The van der Waals surface area contributed by atoms with E-state index in [-0.39, 0.29) is 17.8 Å². The highest BCUT2D eigenvalue weighted by Crippen LogP contribution is 2.22. The summed E-state index contributed by atoms with van der Waals surface area (Å²) >= 11 is 0. The molecule has 120 valence electrons. The summed E-state index contributed by atoms with van der Waals surface area (Å²) < 4.78 is 30.0. The third kappa shape index (κ3) is 2.66. The Kier molecular flexibility index (Phi) is 4.00. The van der Waals surface area contributed by atoms with Gasteiger partial charge < -0.3 is 5.11 Å². The van der Waals surface area contributed by atoms with E-state index in [9.17, 15) is 18.7 Å².